The van der Waals surface area contributed by atoms with Crippen LogP contribution in [0.5, 0.6) is 5.75 Å². The molecule has 4 rings (SSSR count). The number of rotatable bonds is 7. The van der Waals surface area contributed by atoms with Crippen LogP contribution < -0.4 is 4.74 Å². The second kappa shape index (κ2) is 11.2. The van der Waals surface area contributed by atoms with E-state index in [0.717, 1.165) is 23.3 Å². The summed E-state index contributed by atoms with van der Waals surface area (Å²) in [5, 5.41) is 0. The second-order valence-corrected chi connectivity index (χ2v) is 9.09. The molecule has 3 aromatic rings. The Bertz CT molecular complexity index is 1310. The molecule has 3 aromatic carbocycles. The Morgan fingerprint density at radius 1 is 0.895 bits per heavy atom. The van der Waals surface area contributed by atoms with E-state index in [9.17, 15) is 22.8 Å². The van der Waals surface area contributed by atoms with Gasteiger partial charge in [0.05, 0.1) is 33.3 Å². The number of esters is 1. The maximum atomic E-state index is 13.8. The van der Waals surface area contributed by atoms with Crippen LogP contribution in [0.4, 0.5) is 18.0 Å². The number of halogens is 3. The zero-order valence-corrected chi connectivity index (χ0v) is 21.3. The number of hydrogen-bond acceptors (Lipinski definition) is 5. The van der Waals surface area contributed by atoms with Crippen LogP contribution in [0, 0.1) is 0 Å². The maximum absolute atomic E-state index is 13.8. The number of carbonyl (C=O) groups excluding carboxylic acids is 2. The summed E-state index contributed by atoms with van der Waals surface area (Å²) in [5.74, 6) is -0.0380. The average molecular weight is 528 g/mol. The first kappa shape index (κ1) is 27.0. The minimum absolute atomic E-state index is 0.0158. The number of benzene rings is 3. The van der Waals surface area contributed by atoms with Crippen molar-refractivity contribution in [3.8, 4) is 16.9 Å². The third kappa shape index (κ3) is 5.77. The van der Waals surface area contributed by atoms with Gasteiger partial charge in [0.15, 0.2) is 0 Å². The molecule has 38 heavy (non-hydrogen) atoms. The van der Waals surface area contributed by atoms with E-state index in [1.165, 1.54) is 32.3 Å². The van der Waals surface area contributed by atoms with E-state index < -0.39 is 23.8 Å². The summed E-state index contributed by atoms with van der Waals surface area (Å²) >= 11 is 0. The predicted molar refractivity (Wildman–Crippen MR) is 135 cm³/mol. The summed E-state index contributed by atoms with van der Waals surface area (Å²) in [5.41, 5.74) is 3.17. The highest BCUT2D eigenvalue weighted by molar-refractivity contribution is 5.78. The molecular weight excluding hydrogens is 499 g/mol. The number of amides is 1. The average Bonchev–Trinajstić information content (AvgIpc) is 3.34. The van der Waals surface area contributed by atoms with E-state index in [4.69, 9.17) is 14.2 Å². The van der Waals surface area contributed by atoms with E-state index in [2.05, 4.69) is 0 Å². The standard InChI is InChI=1S/C29H28F3NO5/c1-36-26-11-8-18(13-27(34)37-2)12-25(26)24-10-9-22(29(30,31)32)14-21(24)17-33(28(35)38-3)23-15-19-6-4-5-7-20(19)16-23/h4-12,14,23H,13,15-17H2,1-3H3. The second-order valence-electron chi connectivity index (χ2n) is 9.09. The normalized spacial score (nSPS) is 13.1. The molecule has 0 bridgehead atoms. The SMILES string of the molecule is COC(=O)Cc1ccc(OC)c(-c2ccc(C(F)(F)F)cc2CN(C(=O)OC)C2Cc3ccccc3C2)c1. The van der Waals surface area contributed by atoms with Gasteiger partial charge in [0.1, 0.15) is 5.75 Å². The van der Waals surface area contributed by atoms with Gasteiger partial charge in [-0.25, -0.2) is 4.79 Å². The Kier molecular flexibility index (Phi) is 7.94. The van der Waals surface area contributed by atoms with Crippen LogP contribution in [0.15, 0.2) is 60.7 Å². The molecule has 0 fully saturated rings. The molecule has 0 aliphatic heterocycles. The monoisotopic (exact) mass is 527 g/mol. The van der Waals surface area contributed by atoms with Crippen molar-refractivity contribution in [2.24, 2.45) is 0 Å². The Labute approximate surface area is 218 Å². The van der Waals surface area contributed by atoms with Gasteiger partial charge in [0, 0.05) is 18.2 Å². The molecule has 0 unspecified atom stereocenters. The van der Waals surface area contributed by atoms with Gasteiger partial charge in [0.25, 0.3) is 0 Å². The lowest BCUT2D eigenvalue weighted by molar-refractivity contribution is -0.140. The molecule has 0 atom stereocenters. The van der Waals surface area contributed by atoms with Crippen molar-refractivity contribution >= 4 is 12.1 Å². The van der Waals surface area contributed by atoms with Crippen LogP contribution in [-0.2, 0) is 46.3 Å². The Hall–Kier alpha value is -4.01. The number of ether oxygens (including phenoxy) is 3. The highest BCUT2D eigenvalue weighted by atomic mass is 19.4. The minimum Gasteiger partial charge on any atom is -0.496 e. The quantitative estimate of drug-likeness (QED) is 0.362. The molecule has 6 nitrogen and oxygen atoms in total. The molecule has 0 heterocycles. The van der Waals surface area contributed by atoms with Gasteiger partial charge in [-0.3, -0.25) is 4.79 Å². The lowest BCUT2D eigenvalue weighted by Crippen LogP contribution is -2.40. The summed E-state index contributed by atoms with van der Waals surface area (Å²) in [4.78, 5) is 26.3. The number of alkyl halides is 3. The van der Waals surface area contributed by atoms with Crippen LogP contribution in [-0.4, -0.2) is 44.3 Å². The number of methoxy groups -OCH3 is 3. The van der Waals surface area contributed by atoms with Crippen molar-refractivity contribution in [2.45, 2.75) is 38.0 Å². The molecule has 200 valence electrons. The molecule has 0 radical (unpaired) electrons. The molecule has 1 aliphatic rings. The summed E-state index contributed by atoms with van der Waals surface area (Å²) in [6.45, 7) is -0.116. The van der Waals surface area contributed by atoms with E-state index in [1.54, 1.807) is 18.2 Å². The molecule has 1 aliphatic carbocycles. The zero-order valence-electron chi connectivity index (χ0n) is 21.3. The van der Waals surface area contributed by atoms with E-state index >= 15 is 0 Å². The fourth-order valence-corrected chi connectivity index (χ4v) is 4.88. The van der Waals surface area contributed by atoms with Gasteiger partial charge in [-0.15, -0.1) is 0 Å². The minimum atomic E-state index is -4.58. The Balaban J connectivity index is 1.80. The summed E-state index contributed by atoms with van der Waals surface area (Å²) in [6.07, 6.45) is -4.09. The summed E-state index contributed by atoms with van der Waals surface area (Å²) in [7, 11) is 3.99. The van der Waals surface area contributed by atoms with Gasteiger partial charge in [-0.2, -0.15) is 13.2 Å². The molecule has 0 aromatic heterocycles. The highest BCUT2D eigenvalue weighted by Gasteiger charge is 2.34. The fraction of sp³-hybridized carbons (Fsp3) is 0.310. The molecule has 0 saturated heterocycles. The maximum Gasteiger partial charge on any atom is 0.416 e. The molecule has 0 N–H and O–H groups in total. The first-order chi connectivity index (χ1) is 18.1. The van der Waals surface area contributed by atoms with Crippen molar-refractivity contribution in [3.63, 3.8) is 0 Å². The fourth-order valence-electron chi connectivity index (χ4n) is 4.88. The summed E-state index contributed by atoms with van der Waals surface area (Å²) < 4.78 is 56.6. The van der Waals surface area contributed by atoms with Crippen LogP contribution in [0.3, 0.4) is 0 Å². The largest absolute Gasteiger partial charge is 0.496 e. The number of carbonyl (C=O) groups is 2. The molecule has 0 spiro atoms. The number of fused-ring (bicyclic) bond motifs is 1. The first-order valence-electron chi connectivity index (χ1n) is 12.0. The third-order valence-electron chi connectivity index (χ3n) is 6.78. The van der Waals surface area contributed by atoms with Gasteiger partial charge in [-0.1, -0.05) is 36.4 Å². The molecule has 9 heteroatoms. The lowest BCUT2D eigenvalue weighted by atomic mass is 9.94. The highest BCUT2D eigenvalue weighted by Crippen LogP contribution is 2.39. The van der Waals surface area contributed by atoms with Crippen LogP contribution >= 0.6 is 0 Å². The zero-order chi connectivity index (χ0) is 27.4. The molecule has 0 saturated carbocycles. The Morgan fingerprint density at radius 3 is 2.16 bits per heavy atom. The van der Waals surface area contributed by atoms with Gasteiger partial charge in [-0.05, 0) is 64.9 Å². The van der Waals surface area contributed by atoms with E-state index in [1.807, 2.05) is 24.3 Å². The summed E-state index contributed by atoms with van der Waals surface area (Å²) in [6, 6.07) is 16.0. The third-order valence-corrected chi connectivity index (χ3v) is 6.78. The van der Waals surface area contributed by atoms with Crippen LogP contribution in [0.2, 0.25) is 0 Å². The predicted octanol–water partition coefficient (Wildman–Crippen LogP) is 5.83. The van der Waals surface area contributed by atoms with E-state index in [-0.39, 0.29) is 24.6 Å². The first-order valence-corrected chi connectivity index (χ1v) is 12.0. The Morgan fingerprint density at radius 2 is 1.58 bits per heavy atom. The lowest BCUT2D eigenvalue weighted by Gasteiger charge is -2.29. The van der Waals surface area contributed by atoms with Crippen LogP contribution in [0.25, 0.3) is 11.1 Å². The topological polar surface area (TPSA) is 65.1 Å². The van der Waals surface area contributed by atoms with Gasteiger partial charge < -0.3 is 19.1 Å². The molecular formula is C29H28F3NO5. The van der Waals surface area contributed by atoms with Crippen molar-refractivity contribution in [1.82, 2.24) is 4.90 Å². The van der Waals surface area contributed by atoms with Crippen molar-refractivity contribution in [2.75, 3.05) is 21.3 Å². The number of hydrogen-bond donors (Lipinski definition) is 0. The van der Waals surface area contributed by atoms with E-state index in [0.29, 0.717) is 35.3 Å². The van der Waals surface area contributed by atoms with Gasteiger partial charge in [0.2, 0.25) is 0 Å². The smallest absolute Gasteiger partial charge is 0.416 e. The van der Waals surface area contributed by atoms with Crippen LogP contribution in [0.1, 0.15) is 27.8 Å². The van der Waals surface area contributed by atoms with Gasteiger partial charge >= 0.3 is 18.2 Å². The number of nitrogens with zero attached hydrogens (tertiary/aromatic N) is 1. The molecule has 1 amide bonds. The van der Waals surface area contributed by atoms with Crippen molar-refractivity contribution in [1.29, 1.82) is 0 Å². The van der Waals surface area contributed by atoms with Crippen molar-refractivity contribution < 1.29 is 37.0 Å². The van der Waals surface area contributed by atoms with Crippen molar-refractivity contribution in [3.05, 3.63) is 88.5 Å².